The van der Waals surface area contributed by atoms with Gasteiger partial charge in [0.05, 0.1) is 5.57 Å². The van der Waals surface area contributed by atoms with Gasteiger partial charge in [0, 0.05) is 5.92 Å². The Kier molecular flexibility index (Phi) is 3.54. The minimum atomic E-state index is -0.251. The summed E-state index contributed by atoms with van der Waals surface area (Å²) >= 11 is 0. The van der Waals surface area contributed by atoms with Crippen LogP contribution in [-0.4, -0.2) is 10.9 Å². The summed E-state index contributed by atoms with van der Waals surface area (Å²) in [6, 6.07) is 0. The molecule has 0 heterocycles. The van der Waals surface area contributed by atoms with Gasteiger partial charge in [0.2, 0.25) is 5.78 Å². The van der Waals surface area contributed by atoms with E-state index >= 15 is 0 Å². The van der Waals surface area contributed by atoms with E-state index in [4.69, 9.17) is 0 Å². The van der Waals surface area contributed by atoms with Crippen molar-refractivity contribution in [3.8, 4) is 0 Å². The summed E-state index contributed by atoms with van der Waals surface area (Å²) < 4.78 is 0. The number of carbonyl (C=O) groups excluding carboxylic acids is 1. The summed E-state index contributed by atoms with van der Waals surface area (Å²) in [5.74, 6) is -0.332. The van der Waals surface area contributed by atoms with E-state index in [-0.39, 0.29) is 17.5 Å². The van der Waals surface area contributed by atoms with Crippen LogP contribution in [0, 0.1) is 5.92 Å². The molecule has 0 amide bonds. The number of hydrogen-bond acceptors (Lipinski definition) is 2. The number of Topliss-reactive ketones (excluding diaryl/α,β-unsaturated/α-hetero) is 1. The highest BCUT2D eigenvalue weighted by molar-refractivity contribution is 6.10. The van der Waals surface area contributed by atoms with Crippen molar-refractivity contribution < 1.29 is 9.90 Å². The molecular weight excluding hydrogens is 188 g/mol. The minimum Gasteiger partial charge on any atom is -0.504 e. The number of allylic oxidation sites excluding steroid dienone is 2. The SMILES string of the molecule is CCC(=C=C1C(=O)C(O)=C(C)C1C)CC. The number of rotatable bonds is 2. The molecule has 1 atom stereocenters. The van der Waals surface area contributed by atoms with Crippen molar-refractivity contribution in [2.24, 2.45) is 5.92 Å². The van der Waals surface area contributed by atoms with E-state index in [9.17, 15) is 9.90 Å². The van der Waals surface area contributed by atoms with Crippen LogP contribution in [0.3, 0.4) is 0 Å². The van der Waals surface area contributed by atoms with Gasteiger partial charge in [-0.15, -0.1) is 5.73 Å². The Morgan fingerprint density at radius 3 is 2.27 bits per heavy atom. The van der Waals surface area contributed by atoms with Gasteiger partial charge in [-0.2, -0.15) is 0 Å². The van der Waals surface area contributed by atoms with Gasteiger partial charge in [0.15, 0.2) is 5.76 Å². The van der Waals surface area contributed by atoms with E-state index in [1.54, 1.807) is 6.92 Å². The van der Waals surface area contributed by atoms with Crippen LogP contribution in [0.4, 0.5) is 0 Å². The van der Waals surface area contributed by atoms with Crippen molar-refractivity contribution >= 4 is 5.78 Å². The predicted molar refractivity (Wildman–Crippen MR) is 60.6 cm³/mol. The first-order valence-corrected chi connectivity index (χ1v) is 5.45. The molecule has 1 aliphatic carbocycles. The molecule has 0 aromatic heterocycles. The van der Waals surface area contributed by atoms with Gasteiger partial charge in [0.1, 0.15) is 0 Å². The standard InChI is InChI=1S/C13H18O2/c1-5-10(6-2)7-11-8(3)9(4)12(14)13(11)15/h8,14H,5-6H2,1-4H3. The van der Waals surface area contributed by atoms with Crippen LogP contribution in [0.1, 0.15) is 40.5 Å². The maximum absolute atomic E-state index is 11.7. The zero-order chi connectivity index (χ0) is 11.6. The summed E-state index contributed by atoms with van der Waals surface area (Å²) in [6.45, 7) is 7.83. The molecule has 0 saturated heterocycles. The molecule has 1 N–H and O–H groups in total. The molecule has 1 aliphatic rings. The first-order valence-electron chi connectivity index (χ1n) is 5.45. The molecule has 0 bridgehead atoms. The fourth-order valence-electron chi connectivity index (χ4n) is 1.71. The fraction of sp³-hybridized carbons (Fsp3) is 0.538. The zero-order valence-electron chi connectivity index (χ0n) is 9.85. The molecule has 0 aliphatic heterocycles. The Bertz CT molecular complexity index is 373. The second-order valence-corrected chi connectivity index (χ2v) is 3.93. The molecule has 0 saturated carbocycles. The molecule has 1 unspecified atom stereocenters. The molecule has 2 nitrogen and oxygen atoms in total. The first kappa shape index (κ1) is 11.8. The summed E-state index contributed by atoms with van der Waals surface area (Å²) in [5.41, 5.74) is 5.66. The highest BCUT2D eigenvalue weighted by Crippen LogP contribution is 2.31. The van der Waals surface area contributed by atoms with Gasteiger partial charge in [-0.25, -0.2) is 0 Å². The average Bonchev–Trinajstić information content (AvgIpc) is 2.42. The largest absolute Gasteiger partial charge is 0.504 e. The van der Waals surface area contributed by atoms with E-state index in [0.717, 1.165) is 24.0 Å². The lowest BCUT2D eigenvalue weighted by Gasteiger charge is -2.03. The van der Waals surface area contributed by atoms with Crippen LogP contribution >= 0.6 is 0 Å². The molecule has 0 aromatic carbocycles. The van der Waals surface area contributed by atoms with Crippen molar-refractivity contribution in [3.63, 3.8) is 0 Å². The van der Waals surface area contributed by atoms with Crippen LogP contribution in [0.2, 0.25) is 0 Å². The number of ketones is 1. The zero-order valence-corrected chi connectivity index (χ0v) is 9.85. The fourth-order valence-corrected chi connectivity index (χ4v) is 1.71. The van der Waals surface area contributed by atoms with Crippen LogP contribution in [0.15, 0.2) is 28.2 Å². The lowest BCUT2D eigenvalue weighted by molar-refractivity contribution is -0.114. The molecule has 0 radical (unpaired) electrons. The minimum absolute atomic E-state index is 0.00519. The van der Waals surface area contributed by atoms with E-state index < -0.39 is 0 Å². The van der Waals surface area contributed by atoms with Gasteiger partial charge in [-0.05, 0) is 30.9 Å². The number of aliphatic hydroxyl groups excluding tert-OH is 1. The van der Waals surface area contributed by atoms with Crippen LogP contribution in [0.5, 0.6) is 0 Å². The number of carbonyl (C=O) groups is 1. The molecule has 1 rings (SSSR count). The predicted octanol–water partition coefficient (Wildman–Crippen LogP) is 3.31. The van der Waals surface area contributed by atoms with Gasteiger partial charge >= 0.3 is 0 Å². The summed E-state index contributed by atoms with van der Waals surface area (Å²) in [4.78, 5) is 11.7. The number of aliphatic hydroxyl groups is 1. The molecule has 0 aromatic rings. The topological polar surface area (TPSA) is 37.3 Å². The molecule has 0 spiro atoms. The second-order valence-electron chi connectivity index (χ2n) is 3.93. The van der Waals surface area contributed by atoms with Crippen molar-refractivity contribution in [2.75, 3.05) is 0 Å². The van der Waals surface area contributed by atoms with Gasteiger partial charge in [0.25, 0.3) is 0 Å². The Morgan fingerprint density at radius 1 is 1.40 bits per heavy atom. The molecule has 15 heavy (non-hydrogen) atoms. The normalized spacial score (nSPS) is 20.9. The smallest absolute Gasteiger partial charge is 0.231 e. The molecule has 2 heteroatoms. The maximum atomic E-state index is 11.7. The first-order chi connectivity index (χ1) is 7.02. The summed E-state index contributed by atoms with van der Waals surface area (Å²) in [6.07, 6.45) is 1.81. The van der Waals surface area contributed by atoms with Gasteiger partial charge < -0.3 is 5.11 Å². The third-order valence-corrected chi connectivity index (χ3v) is 3.08. The van der Waals surface area contributed by atoms with E-state index in [1.807, 2.05) is 6.92 Å². The van der Waals surface area contributed by atoms with Crippen LogP contribution in [-0.2, 0) is 4.79 Å². The van der Waals surface area contributed by atoms with Crippen molar-refractivity contribution in [1.82, 2.24) is 0 Å². The lowest BCUT2D eigenvalue weighted by Crippen LogP contribution is -2.01. The lowest BCUT2D eigenvalue weighted by atomic mass is 9.99. The molecule has 0 fully saturated rings. The van der Waals surface area contributed by atoms with Gasteiger partial charge in [-0.3, -0.25) is 4.79 Å². The van der Waals surface area contributed by atoms with Crippen molar-refractivity contribution in [3.05, 3.63) is 28.2 Å². The van der Waals surface area contributed by atoms with E-state index in [0.29, 0.717) is 5.57 Å². The highest BCUT2D eigenvalue weighted by Gasteiger charge is 2.31. The van der Waals surface area contributed by atoms with E-state index in [1.165, 1.54) is 0 Å². The maximum Gasteiger partial charge on any atom is 0.231 e. The van der Waals surface area contributed by atoms with Crippen LogP contribution in [0.25, 0.3) is 0 Å². The van der Waals surface area contributed by atoms with Crippen molar-refractivity contribution in [2.45, 2.75) is 40.5 Å². The second kappa shape index (κ2) is 4.50. The quantitative estimate of drug-likeness (QED) is 0.556. The highest BCUT2D eigenvalue weighted by atomic mass is 16.3. The summed E-state index contributed by atoms with van der Waals surface area (Å²) in [5, 5.41) is 9.53. The third-order valence-electron chi connectivity index (χ3n) is 3.08. The number of hydrogen-bond donors (Lipinski definition) is 1. The molecule has 82 valence electrons. The van der Waals surface area contributed by atoms with Crippen molar-refractivity contribution in [1.29, 1.82) is 0 Å². The Labute approximate surface area is 91.0 Å². The Balaban J connectivity index is 3.23. The summed E-state index contributed by atoms with van der Waals surface area (Å²) in [7, 11) is 0. The Morgan fingerprint density at radius 2 is 1.93 bits per heavy atom. The molecular formula is C13H18O2. The Hall–Kier alpha value is -1.27. The monoisotopic (exact) mass is 206 g/mol. The van der Waals surface area contributed by atoms with Crippen LogP contribution < -0.4 is 0 Å². The average molecular weight is 206 g/mol. The third kappa shape index (κ3) is 2.05. The van der Waals surface area contributed by atoms with Gasteiger partial charge in [-0.1, -0.05) is 20.8 Å². The van der Waals surface area contributed by atoms with E-state index in [2.05, 4.69) is 19.6 Å².